The Labute approximate surface area is 117 Å². The molecule has 2 nitrogen and oxygen atoms in total. The van der Waals surface area contributed by atoms with Crippen LogP contribution in [-0.2, 0) is 6.42 Å². The number of aromatic nitrogens is 1. The molecule has 0 fully saturated rings. The van der Waals surface area contributed by atoms with Crippen LogP contribution in [0.3, 0.4) is 0 Å². The zero-order valence-corrected chi connectivity index (χ0v) is 11.9. The second-order valence-electron chi connectivity index (χ2n) is 4.49. The van der Waals surface area contributed by atoms with Crippen molar-refractivity contribution < 1.29 is 4.39 Å². The molecule has 0 unspecified atom stereocenters. The van der Waals surface area contributed by atoms with E-state index in [1.54, 1.807) is 6.07 Å². The summed E-state index contributed by atoms with van der Waals surface area (Å²) in [5, 5.41) is 0.820. The number of aryl methyl sites for hydroxylation is 2. The Hall–Kier alpha value is -1.39. The predicted molar refractivity (Wildman–Crippen MR) is 77.0 cm³/mol. The third kappa shape index (κ3) is 3.55. The second kappa shape index (κ2) is 6.17. The number of hydrogen-bond donors (Lipinski definition) is 1. The van der Waals surface area contributed by atoms with Crippen LogP contribution >= 0.6 is 11.8 Å². The molecule has 0 aliphatic rings. The lowest BCUT2D eigenvalue weighted by molar-refractivity contribution is 0.596. The summed E-state index contributed by atoms with van der Waals surface area (Å²) in [5.74, 6) is -0.211. The Bertz CT molecular complexity index is 564. The van der Waals surface area contributed by atoms with Gasteiger partial charge in [-0.1, -0.05) is 23.9 Å². The summed E-state index contributed by atoms with van der Waals surface area (Å²) in [6.07, 6.45) is 0.672. The minimum Gasteiger partial charge on any atom is -0.330 e. The second-order valence-corrected chi connectivity index (χ2v) is 5.52. The summed E-state index contributed by atoms with van der Waals surface area (Å²) < 4.78 is 14.0. The topological polar surface area (TPSA) is 38.9 Å². The standard InChI is InChI=1S/C15H17FN2S/c1-10-8-11(2)18-14(9-10)19-15-12(6-7-17)4-3-5-13(15)16/h3-5,8-9H,6-7,17H2,1-2H3. The molecule has 1 aromatic heterocycles. The van der Waals surface area contributed by atoms with E-state index in [1.165, 1.54) is 17.8 Å². The minimum absolute atomic E-state index is 0.211. The van der Waals surface area contributed by atoms with E-state index in [0.717, 1.165) is 21.8 Å². The molecule has 0 spiro atoms. The minimum atomic E-state index is -0.211. The molecule has 0 atom stereocenters. The molecule has 0 saturated heterocycles. The highest BCUT2D eigenvalue weighted by Crippen LogP contribution is 2.32. The molecule has 1 aromatic carbocycles. The van der Waals surface area contributed by atoms with E-state index in [9.17, 15) is 4.39 Å². The van der Waals surface area contributed by atoms with Gasteiger partial charge in [0.2, 0.25) is 0 Å². The highest BCUT2D eigenvalue weighted by atomic mass is 32.2. The molecule has 0 bridgehead atoms. The van der Waals surface area contributed by atoms with Crippen molar-refractivity contribution in [3.63, 3.8) is 0 Å². The summed E-state index contributed by atoms with van der Waals surface area (Å²) in [5.41, 5.74) is 8.59. The monoisotopic (exact) mass is 276 g/mol. The number of nitrogens with zero attached hydrogens (tertiary/aromatic N) is 1. The molecule has 19 heavy (non-hydrogen) atoms. The van der Waals surface area contributed by atoms with Gasteiger partial charge in [0.1, 0.15) is 10.8 Å². The SMILES string of the molecule is Cc1cc(C)nc(Sc2c(F)cccc2CCN)c1. The van der Waals surface area contributed by atoms with Crippen molar-refractivity contribution in [2.24, 2.45) is 5.73 Å². The van der Waals surface area contributed by atoms with Crippen molar-refractivity contribution in [2.75, 3.05) is 6.54 Å². The third-order valence-corrected chi connectivity index (χ3v) is 3.82. The molecule has 0 radical (unpaired) electrons. The molecule has 2 aromatic rings. The first-order chi connectivity index (χ1) is 9.10. The molecule has 0 amide bonds. The third-order valence-electron chi connectivity index (χ3n) is 2.74. The lowest BCUT2D eigenvalue weighted by Gasteiger charge is -2.10. The van der Waals surface area contributed by atoms with Crippen LogP contribution < -0.4 is 5.73 Å². The Morgan fingerprint density at radius 2 is 2.05 bits per heavy atom. The maximum Gasteiger partial charge on any atom is 0.137 e. The van der Waals surface area contributed by atoms with E-state index in [0.29, 0.717) is 17.9 Å². The molecule has 4 heteroatoms. The molecule has 0 aliphatic carbocycles. The van der Waals surface area contributed by atoms with Gasteiger partial charge < -0.3 is 5.73 Å². The largest absolute Gasteiger partial charge is 0.330 e. The maximum absolute atomic E-state index is 14.0. The van der Waals surface area contributed by atoms with Crippen molar-refractivity contribution in [1.29, 1.82) is 0 Å². The summed E-state index contributed by atoms with van der Waals surface area (Å²) in [6, 6.07) is 9.09. The average molecular weight is 276 g/mol. The van der Waals surface area contributed by atoms with Crippen LogP contribution in [0.25, 0.3) is 0 Å². The Morgan fingerprint density at radius 3 is 2.74 bits per heavy atom. The van der Waals surface area contributed by atoms with Crippen molar-refractivity contribution in [3.8, 4) is 0 Å². The van der Waals surface area contributed by atoms with Crippen molar-refractivity contribution in [2.45, 2.75) is 30.2 Å². The molecule has 0 saturated carbocycles. The number of rotatable bonds is 4. The van der Waals surface area contributed by atoms with E-state index < -0.39 is 0 Å². The van der Waals surface area contributed by atoms with E-state index >= 15 is 0 Å². The fourth-order valence-corrected chi connectivity index (χ4v) is 3.09. The normalized spacial score (nSPS) is 10.7. The number of halogens is 1. The van der Waals surface area contributed by atoms with Gasteiger partial charge in [-0.2, -0.15) is 0 Å². The first kappa shape index (κ1) is 14.0. The smallest absolute Gasteiger partial charge is 0.137 e. The van der Waals surface area contributed by atoms with Gasteiger partial charge in [-0.05, 0) is 56.1 Å². The molecular formula is C15H17FN2S. The van der Waals surface area contributed by atoms with Crippen LogP contribution in [0.5, 0.6) is 0 Å². The fraction of sp³-hybridized carbons (Fsp3) is 0.267. The molecule has 1 heterocycles. The van der Waals surface area contributed by atoms with Crippen LogP contribution in [0.4, 0.5) is 4.39 Å². The summed E-state index contributed by atoms with van der Waals surface area (Å²) in [4.78, 5) is 5.07. The van der Waals surface area contributed by atoms with Crippen molar-refractivity contribution >= 4 is 11.8 Å². The number of pyridine rings is 1. The van der Waals surface area contributed by atoms with Crippen LogP contribution in [-0.4, -0.2) is 11.5 Å². The highest BCUT2D eigenvalue weighted by molar-refractivity contribution is 7.99. The molecule has 2 rings (SSSR count). The molecule has 0 aliphatic heterocycles. The maximum atomic E-state index is 14.0. The van der Waals surface area contributed by atoms with Crippen LogP contribution in [0.1, 0.15) is 16.8 Å². The van der Waals surface area contributed by atoms with E-state index in [1.807, 2.05) is 32.0 Å². The van der Waals surface area contributed by atoms with Crippen LogP contribution in [0, 0.1) is 19.7 Å². The van der Waals surface area contributed by atoms with Gasteiger partial charge in [-0.15, -0.1) is 0 Å². The Morgan fingerprint density at radius 1 is 1.26 bits per heavy atom. The summed E-state index contributed by atoms with van der Waals surface area (Å²) in [7, 11) is 0. The van der Waals surface area contributed by atoms with Gasteiger partial charge in [0.05, 0.1) is 4.90 Å². The molecule has 2 N–H and O–H groups in total. The Balaban J connectivity index is 2.36. The van der Waals surface area contributed by atoms with Gasteiger partial charge >= 0.3 is 0 Å². The highest BCUT2D eigenvalue weighted by Gasteiger charge is 2.11. The van der Waals surface area contributed by atoms with Crippen LogP contribution in [0.15, 0.2) is 40.3 Å². The number of nitrogens with two attached hydrogens (primary N) is 1. The van der Waals surface area contributed by atoms with Crippen LogP contribution in [0.2, 0.25) is 0 Å². The average Bonchev–Trinajstić information content (AvgIpc) is 2.32. The lowest BCUT2D eigenvalue weighted by Crippen LogP contribution is -2.04. The van der Waals surface area contributed by atoms with E-state index in [4.69, 9.17) is 5.73 Å². The van der Waals surface area contributed by atoms with E-state index in [2.05, 4.69) is 4.98 Å². The number of hydrogen-bond acceptors (Lipinski definition) is 3. The van der Waals surface area contributed by atoms with Crippen molar-refractivity contribution in [3.05, 3.63) is 53.0 Å². The van der Waals surface area contributed by atoms with Gasteiger partial charge in [0.25, 0.3) is 0 Å². The summed E-state index contributed by atoms with van der Waals surface area (Å²) in [6.45, 7) is 4.47. The quantitative estimate of drug-likeness (QED) is 0.929. The zero-order chi connectivity index (χ0) is 13.8. The van der Waals surface area contributed by atoms with Gasteiger partial charge in [0.15, 0.2) is 0 Å². The Kier molecular flexibility index (Phi) is 4.56. The zero-order valence-electron chi connectivity index (χ0n) is 11.1. The fourth-order valence-electron chi connectivity index (χ4n) is 1.98. The summed E-state index contributed by atoms with van der Waals surface area (Å²) >= 11 is 1.37. The van der Waals surface area contributed by atoms with Gasteiger partial charge in [-0.3, -0.25) is 0 Å². The first-order valence-electron chi connectivity index (χ1n) is 6.20. The van der Waals surface area contributed by atoms with Gasteiger partial charge in [-0.25, -0.2) is 9.37 Å². The molecular weight excluding hydrogens is 259 g/mol. The van der Waals surface area contributed by atoms with Crippen molar-refractivity contribution in [1.82, 2.24) is 4.98 Å². The number of benzene rings is 1. The van der Waals surface area contributed by atoms with Gasteiger partial charge in [0, 0.05) is 5.69 Å². The predicted octanol–water partition coefficient (Wildman–Crippen LogP) is 3.49. The van der Waals surface area contributed by atoms with E-state index in [-0.39, 0.29) is 5.82 Å². The lowest BCUT2D eigenvalue weighted by atomic mass is 10.1. The first-order valence-corrected chi connectivity index (χ1v) is 7.02. The molecule has 100 valence electrons.